The molecular formula is C16H30ClN3O. The van der Waals surface area contributed by atoms with Crippen LogP contribution in [0.25, 0.3) is 0 Å². The molecule has 0 aromatic carbocycles. The molecule has 0 fully saturated rings. The van der Waals surface area contributed by atoms with E-state index in [2.05, 4.69) is 45.0 Å². The van der Waals surface area contributed by atoms with Gasteiger partial charge in [-0.3, -0.25) is 4.68 Å². The maximum atomic E-state index is 6.52. The van der Waals surface area contributed by atoms with Crippen LogP contribution in [0.2, 0.25) is 5.02 Å². The van der Waals surface area contributed by atoms with E-state index in [-0.39, 0.29) is 5.60 Å². The molecule has 1 rings (SSSR count). The number of rotatable bonds is 9. The third kappa shape index (κ3) is 4.97. The van der Waals surface area contributed by atoms with Crippen LogP contribution in [-0.2, 0) is 24.1 Å². The van der Waals surface area contributed by atoms with E-state index in [9.17, 15) is 0 Å². The van der Waals surface area contributed by atoms with Crippen LogP contribution in [-0.4, -0.2) is 35.1 Å². The van der Waals surface area contributed by atoms with Crippen molar-refractivity contribution in [3.8, 4) is 0 Å². The number of hydrogen-bond donors (Lipinski definition) is 1. The van der Waals surface area contributed by atoms with Crippen molar-refractivity contribution >= 4 is 11.6 Å². The van der Waals surface area contributed by atoms with Crippen molar-refractivity contribution in [3.63, 3.8) is 0 Å². The molecule has 1 N–H and O–H groups in total. The van der Waals surface area contributed by atoms with Gasteiger partial charge in [0.05, 0.1) is 22.0 Å². The van der Waals surface area contributed by atoms with Crippen LogP contribution >= 0.6 is 11.6 Å². The maximum absolute atomic E-state index is 6.52. The Bertz CT molecular complexity index is 443. The molecule has 5 heteroatoms. The predicted octanol–water partition coefficient (Wildman–Crippen LogP) is 3.45. The zero-order valence-electron chi connectivity index (χ0n) is 14.3. The maximum Gasteiger partial charge on any atom is 0.0850 e. The topological polar surface area (TPSA) is 39.1 Å². The summed E-state index contributed by atoms with van der Waals surface area (Å²) in [5.74, 6) is 0. The van der Waals surface area contributed by atoms with Crippen LogP contribution in [0.4, 0.5) is 0 Å². The summed E-state index contributed by atoms with van der Waals surface area (Å²) in [5, 5.41) is 8.98. The lowest BCUT2D eigenvalue weighted by molar-refractivity contribution is 0.00712. The SMILES string of the molecule is CCNC(Cc1c(Cl)c(CC)nn1CC)CC(C)(C)OC. The minimum Gasteiger partial charge on any atom is -0.379 e. The molecule has 21 heavy (non-hydrogen) atoms. The number of methoxy groups -OCH3 is 1. The van der Waals surface area contributed by atoms with E-state index in [1.165, 1.54) is 0 Å². The summed E-state index contributed by atoms with van der Waals surface area (Å²) in [6, 6.07) is 0.328. The van der Waals surface area contributed by atoms with Crippen LogP contribution in [0.5, 0.6) is 0 Å². The van der Waals surface area contributed by atoms with Gasteiger partial charge >= 0.3 is 0 Å². The predicted molar refractivity (Wildman–Crippen MR) is 89.2 cm³/mol. The van der Waals surface area contributed by atoms with E-state index in [1.807, 2.05) is 4.68 Å². The van der Waals surface area contributed by atoms with Crippen molar-refractivity contribution in [1.82, 2.24) is 15.1 Å². The molecule has 1 unspecified atom stereocenters. The quantitative estimate of drug-likeness (QED) is 0.758. The Morgan fingerprint density at radius 3 is 2.48 bits per heavy atom. The molecule has 0 aliphatic rings. The summed E-state index contributed by atoms with van der Waals surface area (Å²) >= 11 is 6.52. The second-order valence-electron chi connectivity index (χ2n) is 6.00. The minimum atomic E-state index is -0.149. The molecule has 1 aromatic rings. The van der Waals surface area contributed by atoms with Crippen molar-refractivity contribution in [2.24, 2.45) is 0 Å². The van der Waals surface area contributed by atoms with E-state index in [0.717, 1.165) is 48.8 Å². The Balaban J connectivity index is 2.95. The van der Waals surface area contributed by atoms with Gasteiger partial charge in [0.2, 0.25) is 0 Å². The fourth-order valence-electron chi connectivity index (χ4n) is 2.63. The Morgan fingerprint density at radius 2 is 2.00 bits per heavy atom. The highest BCUT2D eigenvalue weighted by molar-refractivity contribution is 6.31. The number of aromatic nitrogens is 2. The lowest BCUT2D eigenvalue weighted by Gasteiger charge is -2.29. The normalized spacial score (nSPS) is 13.7. The van der Waals surface area contributed by atoms with Crippen molar-refractivity contribution in [2.75, 3.05) is 13.7 Å². The average molecular weight is 316 g/mol. The number of likely N-dealkylation sites (N-methyl/N-ethyl adjacent to an activating group) is 1. The van der Waals surface area contributed by atoms with E-state index in [1.54, 1.807) is 7.11 Å². The second-order valence-corrected chi connectivity index (χ2v) is 6.38. The highest BCUT2D eigenvalue weighted by atomic mass is 35.5. The van der Waals surface area contributed by atoms with Gasteiger partial charge in [-0.2, -0.15) is 5.10 Å². The molecule has 0 bridgehead atoms. The van der Waals surface area contributed by atoms with Gasteiger partial charge in [0, 0.05) is 26.1 Å². The lowest BCUT2D eigenvalue weighted by atomic mass is 9.95. The van der Waals surface area contributed by atoms with Crippen LogP contribution in [0, 0.1) is 0 Å². The molecule has 1 atom stereocenters. The largest absolute Gasteiger partial charge is 0.379 e. The third-order valence-electron chi connectivity index (χ3n) is 3.92. The van der Waals surface area contributed by atoms with Crippen LogP contribution < -0.4 is 5.32 Å². The molecule has 1 heterocycles. The molecule has 0 saturated carbocycles. The van der Waals surface area contributed by atoms with Crippen molar-refractivity contribution in [1.29, 1.82) is 0 Å². The summed E-state index contributed by atoms with van der Waals surface area (Å²) in [5.41, 5.74) is 1.98. The summed E-state index contributed by atoms with van der Waals surface area (Å²) < 4.78 is 7.60. The number of nitrogens with one attached hydrogen (secondary N) is 1. The van der Waals surface area contributed by atoms with Gasteiger partial charge in [0.1, 0.15) is 0 Å². The van der Waals surface area contributed by atoms with Gasteiger partial charge < -0.3 is 10.1 Å². The van der Waals surface area contributed by atoms with Gasteiger partial charge in [0.25, 0.3) is 0 Å². The molecule has 122 valence electrons. The van der Waals surface area contributed by atoms with Crippen molar-refractivity contribution in [2.45, 2.75) is 72.1 Å². The van der Waals surface area contributed by atoms with E-state index in [0.29, 0.717) is 6.04 Å². The van der Waals surface area contributed by atoms with Gasteiger partial charge in [0.15, 0.2) is 0 Å². The molecule has 0 saturated heterocycles. The summed E-state index contributed by atoms with van der Waals surface area (Å²) in [6.45, 7) is 12.3. The molecule has 0 radical (unpaired) electrons. The molecule has 0 spiro atoms. The van der Waals surface area contributed by atoms with Gasteiger partial charge in [-0.15, -0.1) is 0 Å². The zero-order chi connectivity index (χ0) is 16.0. The second kappa shape index (κ2) is 8.16. The first-order chi connectivity index (χ1) is 9.88. The van der Waals surface area contributed by atoms with Crippen LogP contribution in [0.15, 0.2) is 0 Å². The molecule has 4 nitrogen and oxygen atoms in total. The Labute approximate surface area is 134 Å². The van der Waals surface area contributed by atoms with E-state index in [4.69, 9.17) is 16.3 Å². The van der Waals surface area contributed by atoms with Crippen molar-refractivity contribution in [3.05, 3.63) is 16.4 Å². The van der Waals surface area contributed by atoms with Crippen molar-refractivity contribution < 1.29 is 4.74 Å². The Kier molecular flexibility index (Phi) is 7.17. The smallest absolute Gasteiger partial charge is 0.0850 e. The lowest BCUT2D eigenvalue weighted by Crippen LogP contribution is -2.39. The Hall–Kier alpha value is -0.580. The molecular weight excluding hydrogens is 286 g/mol. The number of hydrogen-bond acceptors (Lipinski definition) is 3. The average Bonchev–Trinajstić information content (AvgIpc) is 2.75. The van der Waals surface area contributed by atoms with Gasteiger partial charge in [-0.25, -0.2) is 0 Å². The molecule has 1 aromatic heterocycles. The fraction of sp³-hybridized carbons (Fsp3) is 0.812. The van der Waals surface area contributed by atoms with Crippen LogP contribution in [0.3, 0.4) is 0 Å². The first-order valence-electron chi connectivity index (χ1n) is 7.91. The number of halogens is 1. The monoisotopic (exact) mass is 315 g/mol. The first-order valence-corrected chi connectivity index (χ1v) is 8.28. The van der Waals surface area contributed by atoms with Gasteiger partial charge in [-0.05, 0) is 40.2 Å². The fourth-order valence-corrected chi connectivity index (χ4v) is 2.97. The molecule has 0 aliphatic carbocycles. The minimum absolute atomic E-state index is 0.149. The van der Waals surface area contributed by atoms with E-state index < -0.39 is 0 Å². The summed E-state index contributed by atoms with van der Waals surface area (Å²) in [6.07, 6.45) is 2.68. The van der Waals surface area contributed by atoms with Gasteiger partial charge in [-0.1, -0.05) is 25.4 Å². The standard InChI is InChI=1S/C16H30ClN3O/c1-7-13-15(17)14(20(9-3)19-13)10-12(18-8-2)11-16(4,5)21-6/h12,18H,7-11H2,1-6H3. The summed E-state index contributed by atoms with van der Waals surface area (Å²) in [4.78, 5) is 0. The number of ether oxygens (including phenoxy) is 1. The number of aryl methyl sites for hydroxylation is 2. The third-order valence-corrected chi connectivity index (χ3v) is 4.35. The zero-order valence-corrected chi connectivity index (χ0v) is 15.0. The first kappa shape index (κ1) is 18.5. The molecule has 0 aliphatic heterocycles. The number of nitrogens with zero attached hydrogens (tertiary/aromatic N) is 2. The van der Waals surface area contributed by atoms with Crippen LogP contribution in [0.1, 0.15) is 52.4 Å². The highest BCUT2D eigenvalue weighted by Crippen LogP contribution is 2.25. The molecule has 0 amide bonds. The Morgan fingerprint density at radius 1 is 1.33 bits per heavy atom. The summed E-state index contributed by atoms with van der Waals surface area (Å²) in [7, 11) is 1.77. The van der Waals surface area contributed by atoms with E-state index >= 15 is 0 Å². The highest BCUT2D eigenvalue weighted by Gasteiger charge is 2.25.